The molecule has 0 radical (unpaired) electrons. The average molecular weight is 592 g/mol. The lowest BCUT2D eigenvalue weighted by Crippen LogP contribution is -1.96. The molecule has 1 heterocycles. The van der Waals surface area contributed by atoms with Crippen molar-refractivity contribution in [1.29, 1.82) is 0 Å². The minimum absolute atomic E-state index is 1.12. The van der Waals surface area contributed by atoms with Gasteiger partial charge in [0.25, 0.3) is 0 Å². The molecule has 0 aliphatic heterocycles. The van der Waals surface area contributed by atoms with Crippen LogP contribution in [0.15, 0.2) is 102 Å². The van der Waals surface area contributed by atoms with Crippen LogP contribution in [0.5, 0.6) is 0 Å². The molecular weight excluding hydrogens is 539 g/mol. The van der Waals surface area contributed by atoms with Gasteiger partial charge in [-0.3, -0.25) is 0 Å². The minimum atomic E-state index is 1.12. The van der Waals surface area contributed by atoms with Crippen molar-refractivity contribution >= 4 is 58.0 Å². The second kappa shape index (κ2) is 20.2. The Morgan fingerprint density at radius 2 is 1.35 bits per heavy atom. The van der Waals surface area contributed by atoms with E-state index in [-0.39, 0.29) is 0 Å². The molecule has 228 valence electrons. The minimum Gasteiger partial charge on any atom is -0.315 e. The van der Waals surface area contributed by atoms with Gasteiger partial charge in [-0.25, -0.2) is 0 Å². The summed E-state index contributed by atoms with van der Waals surface area (Å²) in [7, 11) is 0. The first-order valence-electron chi connectivity index (χ1n) is 15.5. The summed E-state index contributed by atoms with van der Waals surface area (Å²) >= 11 is 1.72. The summed E-state index contributed by atoms with van der Waals surface area (Å²) in [6.07, 6.45) is 31.9. The number of aromatic nitrogens is 1. The highest BCUT2D eigenvalue weighted by molar-refractivity contribution is 8.01. The molecule has 2 aromatic carbocycles. The molecule has 0 saturated carbocycles. The first-order chi connectivity index (χ1) is 21.0. The van der Waals surface area contributed by atoms with Crippen molar-refractivity contribution in [3.05, 3.63) is 130 Å². The van der Waals surface area contributed by atoms with Crippen molar-refractivity contribution in [2.45, 2.75) is 69.2 Å². The van der Waals surface area contributed by atoms with Crippen LogP contribution in [0.2, 0.25) is 0 Å². The SMILES string of the molecule is C=C/C=C(\C=C/C)C(/C=C\C)=C/C=C/n1c2ccc(/C=C\SC)cc2c2c(/C=C\C)c(C)c(C)c(/C=C\C)c21.CC.CC. The normalized spacial score (nSPS) is 12.9. The van der Waals surface area contributed by atoms with Crippen molar-refractivity contribution in [3.8, 4) is 0 Å². The van der Waals surface area contributed by atoms with E-state index >= 15 is 0 Å². The van der Waals surface area contributed by atoms with Crippen LogP contribution in [0.3, 0.4) is 0 Å². The molecule has 3 aromatic rings. The molecular formula is C41H53NS. The third-order valence-corrected chi connectivity index (χ3v) is 7.23. The first-order valence-corrected chi connectivity index (χ1v) is 16.8. The summed E-state index contributed by atoms with van der Waals surface area (Å²) in [6, 6.07) is 6.79. The largest absolute Gasteiger partial charge is 0.315 e. The number of thioether (sulfide) groups is 1. The zero-order chi connectivity index (χ0) is 32.4. The fourth-order valence-electron chi connectivity index (χ4n) is 5.00. The van der Waals surface area contributed by atoms with E-state index in [9.17, 15) is 0 Å². The fourth-order valence-corrected chi connectivity index (χ4v) is 5.30. The van der Waals surface area contributed by atoms with Gasteiger partial charge in [-0.05, 0) is 111 Å². The van der Waals surface area contributed by atoms with Gasteiger partial charge in [-0.2, -0.15) is 0 Å². The molecule has 0 N–H and O–H groups in total. The maximum atomic E-state index is 3.90. The average Bonchev–Trinajstić information content (AvgIpc) is 3.34. The molecule has 43 heavy (non-hydrogen) atoms. The van der Waals surface area contributed by atoms with E-state index in [4.69, 9.17) is 0 Å². The predicted molar refractivity (Wildman–Crippen MR) is 205 cm³/mol. The summed E-state index contributed by atoms with van der Waals surface area (Å²) in [5.41, 5.74) is 11.1. The number of nitrogens with zero attached hydrogens (tertiary/aromatic N) is 1. The molecule has 0 bridgehead atoms. The second-order valence-corrected chi connectivity index (χ2v) is 10.1. The van der Waals surface area contributed by atoms with Crippen molar-refractivity contribution in [2.75, 3.05) is 6.26 Å². The highest BCUT2D eigenvalue weighted by Gasteiger charge is 2.19. The van der Waals surface area contributed by atoms with Crippen LogP contribution in [0.4, 0.5) is 0 Å². The summed E-state index contributed by atoms with van der Waals surface area (Å²) in [4.78, 5) is 0. The van der Waals surface area contributed by atoms with Gasteiger partial charge in [0.1, 0.15) is 0 Å². The van der Waals surface area contributed by atoms with Gasteiger partial charge >= 0.3 is 0 Å². The van der Waals surface area contributed by atoms with E-state index in [1.807, 2.05) is 53.7 Å². The number of fused-ring (bicyclic) bond motifs is 3. The van der Waals surface area contributed by atoms with Crippen LogP contribution >= 0.6 is 11.8 Å². The Bertz CT molecular complexity index is 1590. The van der Waals surface area contributed by atoms with Gasteiger partial charge in [0.05, 0.1) is 11.0 Å². The molecule has 0 atom stereocenters. The Hall–Kier alpha value is -3.75. The van der Waals surface area contributed by atoms with E-state index in [1.54, 1.807) is 11.8 Å². The molecule has 0 aliphatic carbocycles. The molecule has 0 saturated heterocycles. The van der Waals surface area contributed by atoms with Gasteiger partial charge in [-0.1, -0.05) is 107 Å². The number of rotatable bonds is 10. The molecule has 3 rings (SSSR count). The van der Waals surface area contributed by atoms with Gasteiger partial charge < -0.3 is 4.57 Å². The van der Waals surface area contributed by atoms with Gasteiger partial charge in [-0.15, -0.1) is 11.8 Å². The van der Waals surface area contributed by atoms with E-state index in [0.29, 0.717) is 0 Å². The van der Waals surface area contributed by atoms with Crippen LogP contribution in [0.25, 0.3) is 46.2 Å². The quantitative estimate of drug-likeness (QED) is 0.212. The van der Waals surface area contributed by atoms with E-state index in [0.717, 1.165) is 11.1 Å². The number of hydrogen-bond donors (Lipinski definition) is 0. The van der Waals surface area contributed by atoms with E-state index < -0.39 is 0 Å². The number of benzene rings is 2. The molecule has 0 unspecified atom stereocenters. The standard InChI is InChI=1S/C37H41NS.2C2H6/c1-9-15-30(16-10-2)31(17-11-3)20-14-24-38-35-22-21-29(23-25-39-8)26-34(35)36-32(18-12-4)27(6)28(7)33(19-13-5)37(36)38;2*1-2/h9-26H,1H2,2-8H3;2*1-2H3/b16-10-,17-11-,18-12-,19-13-,24-14+,25-23-,30-15+,31-20+;;. The van der Waals surface area contributed by atoms with E-state index in [1.165, 1.54) is 49.6 Å². The lowest BCUT2D eigenvalue weighted by Gasteiger charge is -2.14. The van der Waals surface area contributed by atoms with Gasteiger partial charge in [0, 0.05) is 22.5 Å². The van der Waals surface area contributed by atoms with Gasteiger partial charge in [0.2, 0.25) is 0 Å². The molecule has 0 amide bonds. The summed E-state index contributed by atoms with van der Waals surface area (Å²) in [5, 5.41) is 4.70. The van der Waals surface area contributed by atoms with Crippen LogP contribution in [0.1, 0.15) is 83.2 Å². The third-order valence-electron chi connectivity index (χ3n) is 6.82. The highest BCUT2D eigenvalue weighted by Crippen LogP contribution is 2.40. The second-order valence-electron chi connectivity index (χ2n) is 9.31. The Morgan fingerprint density at radius 3 is 1.91 bits per heavy atom. The van der Waals surface area contributed by atoms with Crippen LogP contribution in [-0.2, 0) is 0 Å². The lowest BCUT2D eigenvalue weighted by molar-refractivity contribution is 1.26. The maximum Gasteiger partial charge on any atom is 0.0616 e. The first kappa shape index (κ1) is 37.3. The molecule has 1 aromatic heterocycles. The van der Waals surface area contributed by atoms with Crippen molar-refractivity contribution < 1.29 is 0 Å². The van der Waals surface area contributed by atoms with E-state index in [2.05, 4.69) is 142 Å². The monoisotopic (exact) mass is 591 g/mol. The molecule has 2 heteroatoms. The predicted octanol–water partition coefficient (Wildman–Crippen LogP) is 13.5. The number of hydrogen-bond acceptors (Lipinski definition) is 1. The summed E-state index contributed by atoms with van der Waals surface area (Å²) < 4.78 is 2.36. The van der Waals surface area contributed by atoms with Crippen LogP contribution in [-0.4, -0.2) is 10.8 Å². The Labute approximate surface area is 267 Å². The maximum absolute atomic E-state index is 3.90. The third kappa shape index (κ3) is 9.12. The zero-order valence-electron chi connectivity index (χ0n) is 28.5. The molecule has 1 nitrogen and oxygen atoms in total. The summed E-state index contributed by atoms with van der Waals surface area (Å²) in [6.45, 7) is 24.7. The molecule has 0 spiro atoms. The Kier molecular flexibility index (Phi) is 17.5. The molecule has 0 aliphatic rings. The van der Waals surface area contributed by atoms with Crippen molar-refractivity contribution in [2.24, 2.45) is 0 Å². The van der Waals surface area contributed by atoms with Crippen LogP contribution in [0, 0.1) is 13.8 Å². The van der Waals surface area contributed by atoms with Crippen LogP contribution < -0.4 is 0 Å². The zero-order valence-corrected chi connectivity index (χ0v) is 29.3. The molecule has 0 fully saturated rings. The smallest absolute Gasteiger partial charge is 0.0616 e. The summed E-state index contributed by atoms with van der Waals surface area (Å²) in [5.74, 6) is 0. The highest BCUT2D eigenvalue weighted by atomic mass is 32.2. The Balaban J connectivity index is 0.00000221. The lowest BCUT2D eigenvalue weighted by atomic mass is 9.92. The van der Waals surface area contributed by atoms with Crippen molar-refractivity contribution in [3.63, 3.8) is 0 Å². The topological polar surface area (TPSA) is 4.93 Å². The van der Waals surface area contributed by atoms with Gasteiger partial charge in [0.15, 0.2) is 0 Å². The number of allylic oxidation sites excluding steroid dienone is 12. The Morgan fingerprint density at radius 1 is 0.767 bits per heavy atom. The van der Waals surface area contributed by atoms with Crippen molar-refractivity contribution in [1.82, 2.24) is 4.57 Å². The fraction of sp³-hybridized carbons (Fsp3) is 0.268.